The van der Waals surface area contributed by atoms with Gasteiger partial charge in [-0.2, -0.15) is 0 Å². The Labute approximate surface area is 170 Å². The molecule has 1 heterocycles. The molecule has 0 amide bonds. The number of fused-ring (bicyclic) bond motifs is 1. The Hall–Kier alpha value is -3.85. The van der Waals surface area contributed by atoms with E-state index in [1.165, 1.54) is 5.56 Å². The molecule has 1 aromatic heterocycles. The quantitative estimate of drug-likeness (QED) is 0.390. The van der Waals surface area contributed by atoms with E-state index in [0.29, 0.717) is 0 Å². The second kappa shape index (κ2) is 7.64. The Bertz CT molecular complexity index is 1240. The molecule has 0 saturated carbocycles. The average molecular weight is 375 g/mol. The number of anilines is 1. The molecule has 3 nitrogen and oxygen atoms in total. The molecule has 0 fully saturated rings. The molecule has 29 heavy (non-hydrogen) atoms. The van der Waals surface area contributed by atoms with Gasteiger partial charge < -0.3 is 5.32 Å². The van der Waals surface area contributed by atoms with E-state index in [1.54, 1.807) is 0 Å². The van der Waals surface area contributed by atoms with Gasteiger partial charge in [0.1, 0.15) is 5.82 Å². The molecule has 0 aliphatic rings. The van der Waals surface area contributed by atoms with Crippen molar-refractivity contribution in [1.29, 1.82) is 0 Å². The predicted octanol–water partition coefficient (Wildman–Crippen LogP) is 6.30. The van der Waals surface area contributed by atoms with Crippen molar-refractivity contribution in [1.82, 2.24) is 9.55 Å². The van der Waals surface area contributed by atoms with Crippen LogP contribution in [0.4, 0.5) is 5.69 Å². The first-order chi connectivity index (χ1) is 14.4. The minimum absolute atomic E-state index is 0.769. The Morgan fingerprint density at radius 1 is 0.655 bits per heavy atom. The summed E-state index contributed by atoms with van der Waals surface area (Å²) in [5.41, 5.74) is 6.61. The van der Waals surface area contributed by atoms with Crippen LogP contribution in [0.5, 0.6) is 0 Å². The molecule has 0 bridgehead atoms. The summed E-state index contributed by atoms with van der Waals surface area (Å²) in [6, 6.07) is 37.5. The first-order valence-electron chi connectivity index (χ1n) is 9.80. The summed E-state index contributed by atoms with van der Waals surface area (Å²) in [5.74, 6) is 0.945. The van der Waals surface area contributed by atoms with E-state index in [1.807, 2.05) is 18.2 Å². The van der Waals surface area contributed by atoms with Crippen LogP contribution in [0.1, 0.15) is 5.56 Å². The SMILES string of the molecule is c1ccc(CNc2ccccc2-n2c(-c3ccccc3)nc3ccccc32)cc1. The number of imidazole rings is 1. The molecular weight excluding hydrogens is 354 g/mol. The maximum Gasteiger partial charge on any atom is 0.145 e. The summed E-state index contributed by atoms with van der Waals surface area (Å²) in [6.07, 6.45) is 0. The largest absolute Gasteiger partial charge is 0.379 e. The minimum atomic E-state index is 0.769. The van der Waals surface area contributed by atoms with Crippen molar-refractivity contribution in [3.05, 3.63) is 115 Å². The number of nitrogens with one attached hydrogen (secondary N) is 1. The van der Waals surface area contributed by atoms with E-state index < -0.39 is 0 Å². The summed E-state index contributed by atoms with van der Waals surface area (Å²) < 4.78 is 2.25. The van der Waals surface area contributed by atoms with Crippen LogP contribution in [0.25, 0.3) is 28.1 Å². The molecule has 0 spiro atoms. The number of rotatable bonds is 5. The summed E-state index contributed by atoms with van der Waals surface area (Å²) in [6.45, 7) is 0.769. The number of hydrogen-bond acceptors (Lipinski definition) is 2. The molecular formula is C26H21N3. The topological polar surface area (TPSA) is 29.9 Å². The summed E-state index contributed by atoms with van der Waals surface area (Å²) in [7, 11) is 0. The molecule has 0 unspecified atom stereocenters. The minimum Gasteiger partial charge on any atom is -0.379 e. The monoisotopic (exact) mass is 375 g/mol. The zero-order valence-electron chi connectivity index (χ0n) is 16.0. The molecule has 3 heteroatoms. The predicted molar refractivity (Wildman–Crippen MR) is 120 cm³/mol. The van der Waals surface area contributed by atoms with Crippen molar-refractivity contribution in [2.45, 2.75) is 6.54 Å². The fourth-order valence-corrected chi connectivity index (χ4v) is 3.66. The molecule has 5 aromatic rings. The van der Waals surface area contributed by atoms with Crippen LogP contribution in [-0.2, 0) is 6.54 Å². The third-order valence-electron chi connectivity index (χ3n) is 5.06. The lowest BCUT2D eigenvalue weighted by atomic mass is 10.2. The van der Waals surface area contributed by atoms with E-state index in [9.17, 15) is 0 Å². The Morgan fingerprint density at radius 2 is 1.31 bits per heavy atom. The fraction of sp³-hybridized carbons (Fsp3) is 0.0385. The molecule has 140 valence electrons. The second-order valence-electron chi connectivity index (χ2n) is 6.98. The van der Waals surface area contributed by atoms with Gasteiger partial charge in [0.25, 0.3) is 0 Å². The highest BCUT2D eigenvalue weighted by atomic mass is 15.1. The number of benzene rings is 4. The Balaban J connectivity index is 1.65. The Morgan fingerprint density at radius 3 is 2.14 bits per heavy atom. The van der Waals surface area contributed by atoms with Crippen LogP contribution in [-0.4, -0.2) is 9.55 Å². The van der Waals surface area contributed by atoms with Crippen molar-refractivity contribution < 1.29 is 0 Å². The molecule has 0 radical (unpaired) electrons. The third kappa shape index (κ3) is 3.39. The molecule has 0 aliphatic heterocycles. The number of nitrogens with zero attached hydrogens (tertiary/aromatic N) is 2. The zero-order chi connectivity index (χ0) is 19.5. The molecule has 4 aromatic carbocycles. The number of hydrogen-bond donors (Lipinski definition) is 1. The van der Waals surface area contributed by atoms with Crippen LogP contribution in [0.15, 0.2) is 109 Å². The van der Waals surface area contributed by atoms with Crippen molar-refractivity contribution in [3.8, 4) is 17.1 Å². The van der Waals surface area contributed by atoms with Crippen molar-refractivity contribution in [2.24, 2.45) is 0 Å². The molecule has 0 saturated heterocycles. The van der Waals surface area contributed by atoms with Crippen molar-refractivity contribution >= 4 is 16.7 Å². The van der Waals surface area contributed by atoms with Gasteiger partial charge in [-0.25, -0.2) is 4.98 Å². The molecule has 0 atom stereocenters. The van der Waals surface area contributed by atoms with E-state index >= 15 is 0 Å². The van der Waals surface area contributed by atoms with Gasteiger partial charge in [-0.15, -0.1) is 0 Å². The van der Waals surface area contributed by atoms with Gasteiger partial charge in [-0.3, -0.25) is 4.57 Å². The fourth-order valence-electron chi connectivity index (χ4n) is 3.66. The maximum absolute atomic E-state index is 4.95. The number of para-hydroxylation sites is 4. The number of aromatic nitrogens is 2. The lowest BCUT2D eigenvalue weighted by Crippen LogP contribution is -2.05. The van der Waals surface area contributed by atoms with Gasteiger partial charge in [0, 0.05) is 12.1 Å². The lowest BCUT2D eigenvalue weighted by Gasteiger charge is -2.16. The summed E-state index contributed by atoms with van der Waals surface area (Å²) in [4.78, 5) is 4.95. The van der Waals surface area contributed by atoms with E-state index in [0.717, 1.165) is 40.3 Å². The first-order valence-corrected chi connectivity index (χ1v) is 9.80. The van der Waals surface area contributed by atoms with Crippen molar-refractivity contribution in [3.63, 3.8) is 0 Å². The standard InChI is InChI=1S/C26H21N3/c1-3-11-20(12-4-1)19-27-22-15-7-9-17-24(22)29-25-18-10-8-16-23(25)28-26(29)21-13-5-2-6-14-21/h1-18,27H,19H2. The maximum atomic E-state index is 4.95. The molecule has 0 aliphatic carbocycles. The van der Waals surface area contributed by atoms with E-state index in [-0.39, 0.29) is 0 Å². The van der Waals surface area contributed by atoms with Crippen molar-refractivity contribution in [2.75, 3.05) is 5.32 Å². The Kier molecular flexibility index (Phi) is 4.55. The highest BCUT2D eigenvalue weighted by Crippen LogP contribution is 2.32. The van der Waals surface area contributed by atoms with Crippen LogP contribution in [0.2, 0.25) is 0 Å². The average Bonchev–Trinajstić information content (AvgIpc) is 3.19. The van der Waals surface area contributed by atoms with Crippen LogP contribution in [0.3, 0.4) is 0 Å². The molecule has 5 rings (SSSR count). The van der Waals surface area contributed by atoms with Gasteiger partial charge in [-0.05, 0) is 29.8 Å². The van der Waals surface area contributed by atoms with Gasteiger partial charge in [0.15, 0.2) is 0 Å². The van der Waals surface area contributed by atoms with Gasteiger partial charge in [0.2, 0.25) is 0 Å². The van der Waals surface area contributed by atoms with E-state index in [4.69, 9.17) is 4.98 Å². The lowest BCUT2D eigenvalue weighted by molar-refractivity contribution is 1.08. The van der Waals surface area contributed by atoms with Gasteiger partial charge in [-0.1, -0.05) is 84.9 Å². The zero-order valence-corrected chi connectivity index (χ0v) is 16.0. The summed E-state index contributed by atoms with van der Waals surface area (Å²) >= 11 is 0. The normalized spacial score (nSPS) is 10.9. The highest BCUT2D eigenvalue weighted by molar-refractivity contribution is 5.85. The van der Waals surface area contributed by atoms with Crippen LogP contribution in [0, 0.1) is 0 Å². The van der Waals surface area contributed by atoms with Gasteiger partial charge >= 0.3 is 0 Å². The van der Waals surface area contributed by atoms with Crippen LogP contribution >= 0.6 is 0 Å². The van der Waals surface area contributed by atoms with E-state index in [2.05, 4.69) is 101 Å². The third-order valence-corrected chi connectivity index (χ3v) is 5.06. The highest BCUT2D eigenvalue weighted by Gasteiger charge is 2.16. The van der Waals surface area contributed by atoms with Gasteiger partial charge in [0.05, 0.1) is 22.4 Å². The first kappa shape index (κ1) is 17.3. The summed E-state index contributed by atoms with van der Waals surface area (Å²) in [5, 5.41) is 3.61. The smallest absolute Gasteiger partial charge is 0.145 e. The molecule has 1 N–H and O–H groups in total. The second-order valence-corrected chi connectivity index (χ2v) is 6.98. The van der Waals surface area contributed by atoms with Crippen LogP contribution < -0.4 is 5.32 Å².